The van der Waals surface area contributed by atoms with Gasteiger partial charge in [0.05, 0.1) is 24.7 Å². The SMILES string of the molecule is C=C(C)C(=O)OCCOP(=O)([O-])OCC[N+](C1CCCCC1)(C1CCCCC1)C1CCCCC1. The third kappa shape index (κ3) is 7.64. The molecule has 1 atom stereocenters. The number of phosphoric ester groups is 1. The van der Waals surface area contributed by atoms with Crippen molar-refractivity contribution in [1.82, 2.24) is 0 Å². The molecule has 0 N–H and O–H groups in total. The minimum Gasteiger partial charge on any atom is -0.756 e. The van der Waals surface area contributed by atoms with Crippen LogP contribution in [0.4, 0.5) is 0 Å². The average molecular weight is 500 g/mol. The van der Waals surface area contributed by atoms with Crippen LogP contribution in [0, 0.1) is 0 Å². The molecular formula is C26H46NO6P. The van der Waals surface area contributed by atoms with E-state index in [0.717, 1.165) is 11.0 Å². The van der Waals surface area contributed by atoms with Gasteiger partial charge in [0, 0.05) is 5.57 Å². The summed E-state index contributed by atoms with van der Waals surface area (Å²) in [6.45, 7) is 5.57. The number of rotatable bonds is 12. The molecule has 0 bridgehead atoms. The Bertz CT molecular complexity index is 650. The van der Waals surface area contributed by atoms with Crippen LogP contribution in [-0.2, 0) is 23.1 Å². The van der Waals surface area contributed by atoms with Gasteiger partial charge in [-0.1, -0.05) is 25.8 Å². The van der Waals surface area contributed by atoms with Gasteiger partial charge in [0.15, 0.2) is 0 Å². The summed E-state index contributed by atoms with van der Waals surface area (Å²) in [5, 5.41) is 0. The zero-order chi connectivity index (χ0) is 24.4. The second kappa shape index (κ2) is 13.5. The Morgan fingerprint density at radius 2 is 1.21 bits per heavy atom. The van der Waals surface area contributed by atoms with Gasteiger partial charge in [-0.25, -0.2) is 4.79 Å². The first kappa shape index (κ1) is 27.9. The van der Waals surface area contributed by atoms with E-state index in [9.17, 15) is 14.3 Å². The van der Waals surface area contributed by atoms with Crippen molar-refractivity contribution in [2.24, 2.45) is 0 Å². The lowest BCUT2D eigenvalue weighted by Gasteiger charge is -2.57. The maximum Gasteiger partial charge on any atom is 0.333 e. The molecule has 34 heavy (non-hydrogen) atoms. The molecule has 196 valence electrons. The molecule has 0 spiro atoms. The van der Waals surface area contributed by atoms with Crippen LogP contribution < -0.4 is 4.89 Å². The minimum atomic E-state index is -4.46. The molecule has 3 saturated carbocycles. The first-order valence-electron chi connectivity index (χ1n) is 13.6. The largest absolute Gasteiger partial charge is 0.756 e. The second-order valence-corrected chi connectivity index (χ2v) is 12.0. The van der Waals surface area contributed by atoms with Crippen molar-refractivity contribution in [3.05, 3.63) is 12.2 Å². The van der Waals surface area contributed by atoms with E-state index in [0.29, 0.717) is 18.1 Å². The summed E-state index contributed by atoms with van der Waals surface area (Å²) in [5.41, 5.74) is 0.267. The lowest BCUT2D eigenvalue weighted by Crippen LogP contribution is -2.68. The highest BCUT2D eigenvalue weighted by Crippen LogP contribution is 2.44. The molecule has 8 heteroatoms. The highest BCUT2D eigenvalue weighted by atomic mass is 31.2. The van der Waals surface area contributed by atoms with Crippen LogP contribution in [0.3, 0.4) is 0 Å². The van der Waals surface area contributed by atoms with Crippen LogP contribution >= 0.6 is 7.82 Å². The van der Waals surface area contributed by atoms with E-state index in [1.165, 1.54) is 96.3 Å². The molecule has 0 aliphatic heterocycles. The van der Waals surface area contributed by atoms with Gasteiger partial charge in [-0.2, -0.15) is 0 Å². The van der Waals surface area contributed by atoms with Crippen LogP contribution in [0.2, 0.25) is 0 Å². The van der Waals surface area contributed by atoms with Gasteiger partial charge in [0.25, 0.3) is 7.82 Å². The van der Waals surface area contributed by atoms with Crippen LogP contribution in [0.1, 0.15) is 103 Å². The van der Waals surface area contributed by atoms with Crippen molar-refractivity contribution in [2.45, 2.75) is 121 Å². The zero-order valence-electron chi connectivity index (χ0n) is 21.2. The predicted octanol–water partition coefficient (Wildman–Crippen LogP) is 5.42. The third-order valence-electron chi connectivity index (χ3n) is 8.41. The molecular weight excluding hydrogens is 453 g/mol. The number of nitrogens with zero attached hydrogens (tertiary/aromatic N) is 1. The van der Waals surface area contributed by atoms with Gasteiger partial charge in [-0.3, -0.25) is 4.57 Å². The van der Waals surface area contributed by atoms with Gasteiger partial charge in [0.1, 0.15) is 19.8 Å². The lowest BCUT2D eigenvalue weighted by atomic mass is 9.80. The number of carbonyl (C=O) groups excluding carboxylic acids is 1. The first-order chi connectivity index (χ1) is 16.3. The quantitative estimate of drug-likeness (QED) is 0.117. The van der Waals surface area contributed by atoms with E-state index in [1.54, 1.807) is 6.92 Å². The topological polar surface area (TPSA) is 84.9 Å². The van der Waals surface area contributed by atoms with Crippen LogP contribution in [0.5, 0.6) is 0 Å². The molecule has 0 saturated heterocycles. The van der Waals surface area contributed by atoms with Crippen molar-refractivity contribution < 1.29 is 32.5 Å². The Morgan fingerprint density at radius 3 is 1.62 bits per heavy atom. The van der Waals surface area contributed by atoms with Gasteiger partial charge in [0.2, 0.25) is 0 Å². The normalized spacial score (nSPS) is 23.4. The minimum absolute atomic E-state index is 0.145. The van der Waals surface area contributed by atoms with Crippen LogP contribution in [0.15, 0.2) is 12.2 Å². The van der Waals surface area contributed by atoms with Crippen LogP contribution in [0.25, 0.3) is 0 Å². The van der Waals surface area contributed by atoms with Crippen molar-refractivity contribution in [3.8, 4) is 0 Å². The van der Waals surface area contributed by atoms with Gasteiger partial charge < -0.3 is 23.2 Å². The van der Waals surface area contributed by atoms with Crippen molar-refractivity contribution in [3.63, 3.8) is 0 Å². The van der Waals surface area contributed by atoms with Gasteiger partial charge in [-0.05, 0) is 84.0 Å². The maximum atomic E-state index is 12.4. The van der Waals surface area contributed by atoms with E-state index >= 15 is 0 Å². The number of esters is 1. The molecule has 1 unspecified atom stereocenters. The molecule has 0 radical (unpaired) electrons. The van der Waals surface area contributed by atoms with Crippen molar-refractivity contribution in [1.29, 1.82) is 0 Å². The number of carbonyl (C=O) groups is 1. The van der Waals surface area contributed by atoms with E-state index in [2.05, 4.69) is 6.58 Å². The predicted molar refractivity (Wildman–Crippen MR) is 131 cm³/mol. The summed E-state index contributed by atoms with van der Waals surface area (Å²) in [7, 11) is -4.46. The van der Waals surface area contributed by atoms with Gasteiger partial charge >= 0.3 is 5.97 Å². The summed E-state index contributed by atoms with van der Waals surface area (Å²) in [6.07, 6.45) is 19.2. The molecule has 3 rings (SSSR count). The van der Waals surface area contributed by atoms with E-state index in [1.807, 2.05) is 0 Å². The van der Waals surface area contributed by atoms with Crippen molar-refractivity contribution >= 4 is 13.8 Å². The highest BCUT2D eigenvalue weighted by molar-refractivity contribution is 7.45. The first-order valence-corrected chi connectivity index (χ1v) is 15.1. The fourth-order valence-electron chi connectivity index (χ4n) is 6.88. The molecule has 3 fully saturated rings. The van der Waals surface area contributed by atoms with E-state index in [4.69, 9.17) is 13.8 Å². The molecule has 0 aromatic heterocycles. The molecule has 3 aliphatic carbocycles. The molecule has 7 nitrogen and oxygen atoms in total. The number of phosphoric acid groups is 1. The zero-order valence-corrected chi connectivity index (χ0v) is 22.1. The standard InChI is InChI=1S/C26H46NO6P/c1-22(2)26(28)31-20-21-33-34(29,30)32-19-18-27(23-12-6-3-7-13-23,24-14-8-4-9-15-24)25-16-10-5-11-17-25/h23-25H,1,3-21H2,2H3. The number of hydrogen-bond acceptors (Lipinski definition) is 6. The average Bonchev–Trinajstić information content (AvgIpc) is 2.86. The van der Waals surface area contributed by atoms with E-state index < -0.39 is 13.8 Å². The van der Waals surface area contributed by atoms with Crippen molar-refractivity contribution in [2.75, 3.05) is 26.4 Å². The fraction of sp³-hybridized carbons (Fsp3) is 0.885. The maximum absolute atomic E-state index is 12.4. The Kier molecular flexibility index (Phi) is 11.1. The molecule has 0 aromatic carbocycles. The molecule has 0 heterocycles. The van der Waals surface area contributed by atoms with Crippen LogP contribution in [-0.4, -0.2) is 54.9 Å². The number of ether oxygens (including phenoxy) is 1. The Morgan fingerprint density at radius 1 is 0.794 bits per heavy atom. The fourth-order valence-corrected chi connectivity index (χ4v) is 7.56. The monoisotopic (exact) mass is 499 g/mol. The summed E-state index contributed by atoms with van der Waals surface area (Å²) in [5.74, 6) is -0.556. The second-order valence-electron chi connectivity index (χ2n) is 10.6. The molecule has 3 aliphatic rings. The lowest BCUT2D eigenvalue weighted by molar-refractivity contribution is -0.998. The summed E-state index contributed by atoms with van der Waals surface area (Å²) in [4.78, 5) is 23.9. The molecule has 0 aromatic rings. The Balaban J connectivity index is 1.66. The Labute approximate surface area is 206 Å². The summed E-state index contributed by atoms with van der Waals surface area (Å²) < 4.78 is 28.8. The van der Waals surface area contributed by atoms with Gasteiger partial charge in [-0.15, -0.1) is 0 Å². The number of hydrogen-bond donors (Lipinski definition) is 0. The summed E-state index contributed by atoms with van der Waals surface area (Å²) >= 11 is 0. The third-order valence-corrected chi connectivity index (χ3v) is 9.40. The summed E-state index contributed by atoms with van der Waals surface area (Å²) in [6, 6.07) is 1.87. The number of quaternary nitrogens is 1. The highest BCUT2D eigenvalue weighted by Gasteiger charge is 2.49. The smallest absolute Gasteiger partial charge is 0.333 e. The Hall–Kier alpha value is -0.720. The van der Waals surface area contributed by atoms with E-state index in [-0.39, 0.29) is 25.4 Å². The molecule has 0 amide bonds.